The van der Waals surface area contributed by atoms with E-state index in [4.69, 9.17) is 0 Å². The zero-order chi connectivity index (χ0) is 15.0. The highest BCUT2D eigenvalue weighted by Gasteiger charge is 2.22. The summed E-state index contributed by atoms with van der Waals surface area (Å²) in [5.41, 5.74) is 0.787. The lowest BCUT2D eigenvalue weighted by Crippen LogP contribution is -2.39. The fourth-order valence-corrected chi connectivity index (χ4v) is 3.26. The Morgan fingerprint density at radius 2 is 2.05 bits per heavy atom. The molecular weight excluding hydrogens is 269 g/mol. The lowest BCUT2D eigenvalue weighted by atomic mass is 9.96. The number of piperidine rings is 1. The molecule has 0 radical (unpaired) electrons. The summed E-state index contributed by atoms with van der Waals surface area (Å²) in [6.45, 7) is 7.13. The van der Waals surface area contributed by atoms with E-state index in [-0.39, 0.29) is 11.5 Å². The van der Waals surface area contributed by atoms with Crippen molar-refractivity contribution >= 4 is 11.0 Å². The fourth-order valence-electron chi connectivity index (χ4n) is 3.26. The SMILES string of the molecule is CC(C)N1CCC(Cn2c(=O)[nH]c3cccc(F)c32)CC1. The molecule has 0 saturated carbocycles. The Bertz CT molecular complexity index is 680. The number of aromatic nitrogens is 2. The number of hydrogen-bond acceptors (Lipinski definition) is 2. The molecule has 0 amide bonds. The number of rotatable bonds is 3. The van der Waals surface area contributed by atoms with Gasteiger partial charge in [-0.05, 0) is 57.8 Å². The number of nitrogens with zero attached hydrogens (tertiary/aromatic N) is 2. The van der Waals surface area contributed by atoms with Crippen LogP contribution in [0.15, 0.2) is 23.0 Å². The van der Waals surface area contributed by atoms with Crippen molar-refractivity contribution in [1.82, 2.24) is 14.5 Å². The maximum atomic E-state index is 14.0. The zero-order valence-electron chi connectivity index (χ0n) is 12.6. The van der Waals surface area contributed by atoms with Crippen LogP contribution in [0.4, 0.5) is 4.39 Å². The molecule has 0 bridgehead atoms. The molecule has 0 atom stereocenters. The topological polar surface area (TPSA) is 41.0 Å². The van der Waals surface area contributed by atoms with E-state index in [0.717, 1.165) is 25.9 Å². The third-order valence-electron chi connectivity index (χ3n) is 4.56. The molecule has 1 aromatic heterocycles. The quantitative estimate of drug-likeness (QED) is 0.944. The molecule has 1 saturated heterocycles. The average Bonchev–Trinajstić information content (AvgIpc) is 2.77. The van der Waals surface area contributed by atoms with E-state index < -0.39 is 0 Å². The molecule has 0 spiro atoms. The van der Waals surface area contributed by atoms with Gasteiger partial charge < -0.3 is 9.88 Å². The molecule has 1 N–H and O–H groups in total. The summed E-state index contributed by atoms with van der Waals surface area (Å²) in [4.78, 5) is 17.3. The number of nitrogens with one attached hydrogen (secondary N) is 1. The predicted octanol–water partition coefficient (Wildman–Crippen LogP) is 2.59. The van der Waals surface area contributed by atoms with Crippen LogP contribution in [0.1, 0.15) is 26.7 Å². The van der Waals surface area contributed by atoms with Gasteiger partial charge in [0.15, 0.2) is 0 Å². The van der Waals surface area contributed by atoms with Crippen molar-refractivity contribution in [3.8, 4) is 0 Å². The standard InChI is InChI=1S/C16H22FN3O/c1-11(2)19-8-6-12(7-9-19)10-20-15-13(17)4-3-5-14(15)18-16(20)21/h3-5,11-12H,6-10H2,1-2H3,(H,18,21). The summed E-state index contributed by atoms with van der Waals surface area (Å²) < 4.78 is 15.6. The first kappa shape index (κ1) is 14.3. The first-order chi connectivity index (χ1) is 10.1. The monoisotopic (exact) mass is 291 g/mol. The Balaban J connectivity index is 1.80. The molecule has 1 aromatic carbocycles. The number of halogens is 1. The molecule has 2 heterocycles. The number of H-pyrrole nitrogens is 1. The van der Waals surface area contributed by atoms with Gasteiger partial charge in [0, 0.05) is 12.6 Å². The van der Waals surface area contributed by atoms with Crippen LogP contribution in [-0.4, -0.2) is 33.6 Å². The van der Waals surface area contributed by atoms with Crippen LogP contribution in [0, 0.1) is 11.7 Å². The molecule has 0 unspecified atom stereocenters. The van der Waals surface area contributed by atoms with Crippen molar-refractivity contribution in [2.24, 2.45) is 5.92 Å². The molecule has 2 aromatic rings. The summed E-state index contributed by atoms with van der Waals surface area (Å²) in [5.74, 6) is 0.113. The minimum Gasteiger partial charge on any atom is -0.305 e. The second-order valence-electron chi connectivity index (χ2n) is 6.25. The highest BCUT2D eigenvalue weighted by molar-refractivity contribution is 5.75. The van der Waals surface area contributed by atoms with Gasteiger partial charge in [-0.1, -0.05) is 6.07 Å². The average molecular weight is 291 g/mol. The first-order valence-electron chi connectivity index (χ1n) is 7.67. The molecule has 4 nitrogen and oxygen atoms in total. The van der Waals surface area contributed by atoms with E-state index in [0.29, 0.717) is 29.5 Å². The van der Waals surface area contributed by atoms with E-state index in [1.807, 2.05) is 0 Å². The van der Waals surface area contributed by atoms with Crippen LogP contribution in [0.2, 0.25) is 0 Å². The summed E-state index contributed by atoms with van der Waals surface area (Å²) >= 11 is 0. The van der Waals surface area contributed by atoms with E-state index in [9.17, 15) is 9.18 Å². The number of benzene rings is 1. The van der Waals surface area contributed by atoms with Gasteiger partial charge in [-0.2, -0.15) is 0 Å². The third kappa shape index (κ3) is 2.75. The second-order valence-corrected chi connectivity index (χ2v) is 6.25. The van der Waals surface area contributed by atoms with Crippen molar-refractivity contribution in [2.75, 3.05) is 13.1 Å². The molecule has 3 rings (SSSR count). The lowest BCUT2D eigenvalue weighted by Gasteiger charge is -2.34. The Morgan fingerprint density at radius 3 is 2.71 bits per heavy atom. The minimum absolute atomic E-state index is 0.207. The first-order valence-corrected chi connectivity index (χ1v) is 7.67. The maximum absolute atomic E-state index is 14.0. The Labute approximate surface area is 123 Å². The highest BCUT2D eigenvalue weighted by Crippen LogP contribution is 2.22. The van der Waals surface area contributed by atoms with Crippen molar-refractivity contribution in [3.63, 3.8) is 0 Å². The number of imidazole rings is 1. The van der Waals surface area contributed by atoms with Gasteiger partial charge in [-0.15, -0.1) is 0 Å². The predicted molar refractivity (Wildman–Crippen MR) is 81.9 cm³/mol. The van der Waals surface area contributed by atoms with Gasteiger partial charge in [0.05, 0.1) is 5.52 Å². The number of fused-ring (bicyclic) bond motifs is 1. The Kier molecular flexibility index (Phi) is 3.85. The molecular formula is C16H22FN3O. The number of likely N-dealkylation sites (tertiary alicyclic amines) is 1. The van der Waals surface area contributed by atoms with E-state index in [1.165, 1.54) is 6.07 Å². The second kappa shape index (κ2) is 5.64. The fraction of sp³-hybridized carbons (Fsp3) is 0.562. The van der Waals surface area contributed by atoms with Crippen molar-refractivity contribution < 1.29 is 4.39 Å². The minimum atomic E-state index is -0.328. The van der Waals surface area contributed by atoms with Gasteiger partial charge in [0.25, 0.3) is 0 Å². The maximum Gasteiger partial charge on any atom is 0.326 e. The molecule has 114 valence electrons. The molecule has 1 fully saturated rings. The van der Waals surface area contributed by atoms with Crippen molar-refractivity contribution in [3.05, 3.63) is 34.5 Å². The highest BCUT2D eigenvalue weighted by atomic mass is 19.1. The molecule has 1 aliphatic heterocycles. The lowest BCUT2D eigenvalue weighted by molar-refractivity contribution is 0.141. The largest absolute Gasteiger partial charge is 0.326 e. The van der Waals surface area contributed by atoms with Crippen LogP contribution in [0.25, 0.3) is 11.0 Å². The van der Waals surface area contributed by atoms with E-state index >= 15 is 0 Å². The summed E-state index contributed by atoms with van der Waals surface area (Å²) in [5, 5.41) is 0. The van der Waals surface area contributed by atoms with Crippen molar-refractivity contribution in [1.29, 1.82) is 0 Å². The number of hydrogen-bond donors (Lipinski definition) is 1. The van der Waals surface area contributed by atoms with E-state index in [1.54, 1.807) is 16.7 Å². The van der Waals surface area contributed by atoms with E-state index in [2.05, 4.69) is 23.7 Å². The zero-order valence-corrected chi connectivity index (χ0v) is 12.6. The van der Waals surface area contributed by atoms with Crippen LogP contribution in [0.5, 0.6) is 0 Å². The summed E-state index contributed by atoms with van der Waals surface area (Å²) in [6.07, 6.45) is 2.12. The van der Waals surface area contributed by atoms with Crippen LogP contribution >= 0.6 is 0 Å². The summed E-state index contributed by atoms with van der Waals surface area (Å²) in [6, 6.07) is 5.35. The molecule has 5 heteroatoms. The Hall–Kier alpha value is -1.62. The molecule has 0 aliphatic carbocycles. The van der Waals surface area contributed by atoms with Gasteiger partial charge in [0.2, 0.25) is 0 Å². The smallest absolute Gasteiger partial charge is 0.305 e. The normalized spacial score (nSPS) is 17.9. The molecule has 21 heavy (non-hydrogen) atoms. The van der Waals surface area contributed by atoms with Crippen molar-refractivity contribution in [2.45, 2.75) is 39.3 Å². The van der Waals surface area contributed by atoms with Gasteiger partial charge in [-0.3, -0.25) is 4.57 Å². The van der Waals surface area contributed by atoms with Gasteiger partial charge >= 0.3 is 5.69 Å². The van der Waals surface area contributed by atoms with Gasteiger partial charge in [-0.25, -0.2) is 9.18 Å². The Morgan fingerprint density at radius 1 is 1.33 bits per heavy atom. The third-order valence-corrected chi connectivity index (χ3v) is 4.56. The van der Waals surface area contributed by atoms with Crippen LogP contribution < -0.4 is 5.69 Å². The summed E-state index contributed by atoms with van der Waals surface area (Å²) in [7, 11) is 0. The number of aromatic amines is 1. The molecule has 1 aliphatic rings. The van der Waals surface area contributed by atoms with Crippen LogP contribution in [-0.2, 0) is 6.54 Å². The van der Waals surface area contributed by atoms with Crippen LogP contribution in [0.3, 0.4) is 0 Å². The number of para-hydroxylation sites is 1. The van der Waals surface area contributed by atoms with Gasteiger partial charge in [0.1, 0.15) is 11.3 Å².